The van der Waals surface area contributed by atoms with Gasteiger partial charge >= 0.3 is 5.63 Å². The highest BCUT2D eigenvalue weighted by atomic mass is 16.7. The van der Waals surface area contributed by atoms with Crippen LogP contribution in [0, 0.1) is 6.92 Å². The van der Waals surface area contributed by atoms with Crippen LogP contribution < -0.4 is 10.4 Å². The van der Waals surface area contributed by atoms with Crippen LogP contribution in [-0.2, 0) is 4.74 Å². The molecular formula is C16H18O7. The number of fused-ring (bicyclic) bond motifs is 1. The number of ether oxygens (including phenoxy) is 2. The summed E-state index contributed by atoms with van der Waals surface area (Å²) in [6.07, 6.45) is -3.87. The lowest BCUT2D eigenvalue weighted by Gasteiger charge is -2.36. The SMILES string of the molecule is Cc1cc(=O)oc2cc(OC3CC(O)C(O)C(CO)O3)ccc12. The average molecular weight is 322 g/mol. The van der Waals surface area contributed by atoms with Gasteiger partial charge in [-0.15, -0.1) is 0 Å². The number of rotatable bonds is 3. The number of hydrogen-bond acceptors (Lipinski definition) is 7. The van der Waals surface area contributed by atoms with Crippen LogP contribution in [0.5, 0.6) is 5.75 Å². The van der Waals surface area contributed by atoms with Crippen LogP contribution in [0.1, 0.15) is 12.0 Å². The van der Waals surface area contributed by atoms with E-state index in [9.17, 15) is 15.0 Å². The van der Waals surface area contributed by atoms with Gasteiger partial charge in [0, 0.05) is 23.9 Å². The number of hydrogen-bond donors (Lipinski definition) is 3. The molecule has 1 fully saturated rings. The van der Waals surface area contributed by atoms with E-state index < -0.39 is 36.8 Å². The standard InChI is InChI=1S/C16H18O7/c1-8-4-14(19)22-12-5-9(2-3-10(8)12)21-15-6-11(18)16(20)13(7-17)23-15/h2-5,11,13,15-18,20H,6-7H2,1H3. The third-order valence-corrected chi connectivity index (χ3v) is 3.91. The van der Waals surface area contributed by atoms with E-state index in [2.05, 4.69) is 0 Å². The molecule has 7 heteroatoms. The molecule has 0 bridgehead atoms. The molecule has 3 N–H and O–H groups in total. The highest BCUT2D eigenvalue weighted by Crippen LogP contribution is 2.26. The molecule has 23 heavy (non-hydrogen) atoms. The molecule has 1 aliphatic rings. The van der Waals surface area contributed by atoms with Crippen molar-refractivity contribution >= 4 is 11.0 Å². The number of aryl methyl sites for hydroxylation is 1. The van der Waals surface area contributed by atoms with E-state index >= 15 is 0 Å². The molecule has 0 amide bonds. The van der Waals surface area contributed by atoms with Gasteiger partial charge in [0.2, 0.25) is 6.29 Å². The van der Waals surface area contributed by atoms with Crippen molar-refractivity contribution in [3.63, 3.8) is 0 Å². The summed E-state index contributed by atoms with van der Waals surface area (Å²) in [6.45, 7) is 1.39. The molecule has 1 aliphatic heterocycles. The summed E-state index contributed by atoms with van der Waals surface area (Å²) < 4.78 is 16.2. The first kappa shape index (κ1) is 15.9. The molecule has 1 saturated heterocycles. The molecule has 0 radical (unpaired) electrons. The molecule has 2 heterocycles. The molecule has 0 spiro atoms. The Labute approximate surface area is 131 Å². The molecule has 124 valence electrons. The second kappa shape index (κ2) is 6.29. The van der Waals surface area contributed by atoms with Gasteiger partial charge in [-0.25, -0.2) is 4.79 Å². The Morgan fingerprint density at radius 2 is 2.09 bits per heavy atom. The topological polar surface area (TPSA) is 109 Å². The minimum Gasteiger partial charge on any atom is -0.465 e. The Morgan fingerprint density at radius 1 is 1.30 bits per heavy atom. The van der Waals surface area contributed by atoms with E-state index in [1.165, 1.54) is 6.07 Å². The lowest BCUT2D eigenvalue weighted by molar-refractivity contribution is -0.229. The molecule has 4 atom stereocenters. The van der Waals surface area contributed by atoms with E-state index in [0.29, 0.717) is 11.3 Å². The maximum Gasteiger partial charge on any atom is 0.336 e. The average Bonchev–Trinajstić information content (AvgIpc) is 2.50. The maximum atomic E-state index is 11.4. The molecule has 0 saturated carbocycles. The Kier molecular flexibility index (Phi) is 4.36. The minimum atomic E-state index is -1.16. The van der Waals surface area contributed by atoms with Gasteiger partial charge in [-0.05, 0) is 24.6 Å². The molecule has 0 aliphatic carbocycles. The van der Waals surface area contributed by atoms with Gasteiger partial charge in [-0.3, -0.25) is 0 Å². The van der Waals surface area contributed by atoms with Crippen molar-refractivity contribution in [1.29, 1.82) is 0 Å². The molecule has 1 aromatic heterocycles. The van der Waals surface area contributed by atoms with Crippen LogP contribution in [0.15, 0.2) is 33.5 Å². The highest BCUT2D eigenvalue weighted by Gasteiger charge is 2.37. The smallest absolute Gasteiger partial charge is 0.336 e. The first-order valence-electron chi connectivity index (χ1n) is 7.31. The predicted octanol–water partition coefficient (Wildman–Crippen LogP) is 0.309. The molecular weight excluding hydrogens is 304 g/mol. The van der Waals surface area contributed by atoms with E-state index in [4.69, 9.17) is 19.0 Å². The number of benzene rings is 1. The third-order valence-electron chi connectivity index (χ3n) is 3.91. The minimum absolute atomic E-state index is 0.0630. The second-order valence-electron chi connectivity index (χ2n) is 5.60. The summed E-state index contributed by atoms with van der Waals surface area (Å²) in [4.78, 5) is 11.4. The van der Waals surface area contributed by atoms with E-state index in [1.807, 2.05) is 6.92 Å². The van der Waals surface area contributed by atoms with Crippen molar-refractivity contribution in [2.75, 3.05) is 6.61 Å². The molecule has 1 aromatic carbocycles. The lowest BCUT2D eigenvalue weighted by Crippen LogP contribution is -2.51. The Morgan fingerprint density at radius 3 is 2.83 bits per heavy atom. The Balaban J connectivity index is 1.83. The molecule has 3 rings (SSSR count). The summed E-state index contributed by atoms with van der Waals surface area (Å²) in [5.74, 6) is 0.400. The van der Waals surface area contributed by atoms with Gasteiger partial charge < -0.3 is 29.2 Å². The van der Waals surface area contributed by atoms with Crippen LogP contribution in [-0.4, -0.2) is 46.5 Å². The normalized spacial score (nSPS) is 28.0. The Hall–Kier alpha value is -1.93. The molecule has 7 nitrogen and oxygen atoms in total. The van der Waals surface area contributed by atoms with Crippen LogP contribution in [0.25, 0.3) is 11.0 Å². The van der Waals surface area contributed by atoms with E-state index in [1.54, 1.807) is 18.2 Å². The van der Waals surface area contributed by atoms with E-state index in [-0.39, 0.29) is 6.42 Å². The van der Waals surface area contributed by atoms with Gasteiger partial charge in [0.15, 0.2) is 0 Å². The van der Waals surface area contributed by atoms with Gasteiger partial charge in [0.25, 0.3) is 0 Å². The first-order valence-corrected chi connectivity index (χ1v) is 7.31. The van der Waals surface area contributed by atoms with Crippen molar-refractivity contribution in [1.82, 2.24) is 0 Å². The summed E-state index contributed by atoms with van der Waals surface area (Å²) in [5.41, 5.74) is 0.748. The van der Waals surface area contributed by atoms with Gasteiger partial charge in [0.1, 0.15) is 23.5 Å². The van der Waals surface area contributed by atoms with Gasteiger partial charge in [0.05, 0.1) is 12.7 Å². The van der Waals surface area contributed by atoms with Crippen LogP contribution in [0.4, 0.5) is 0 Å². The van der Waals surface area contributed by atoms with Crippen LogP contribution >= 0.6 is 0 Å². The zero-order valence-electron chi connectivity index (χ0n) is 12.5. The predicted molar refractivity (Wildman–Crippen MR) is 80.2 cm³/mol. The van der Waals surface area contributed by atoms with Crippen molar-refractivity contribution in [2.24, 2.45) is 0 Å². The Bertz CT molecular complexity index is 754. The van der Waals surface area contributed by atoms with E-state index in [0.717, 1.165) is 10.9 Å². The fraction of sp³-hybridized carbons (Fsp3) is 0.438. The second-order valence-corrected chi connectivity index (χ2v) is 5.60. The number of aliphatic hydroxyl groups excluding tert-OH is 3. The maximum absolute atomic E-state index is 11.4. The summed E-state index contributed by atoms with van der Waals surface area (Å²) in [6, 6.07) is 6.44. The van der Waals surface area contributed by atoms with Crippen molar-refractivity contribution < 1.29 is 29.2 Å². The van der Waals surface area contributed by atoms with Crippen LogP contribution in [0.2, 0.25) is 0 Å². The lowest BCUT2D eigenvalue weighted by atomic mass is 10.0. The van der Waals surface area contributed by atoms with Crippen molar-refractivity contribution in [2.45, 2.75) is 37.9 Å². The summed E-state index contributed by atoms with van der Waals surface area (Å²) in [7, 11) is 0. The quantitative estimate of drug-likeness (QED) is 0.698. The monoisotopic (exact) mass is 322 g/mol. The molecule has 2 aromatic rings. The first-order chi connectivity index (χ1) is 11.0. The highest BCUT2D eigenvalue weighted by molar-refractivity contribution is 5.81. The van der Waals surface area contributed by atoms with Gasteiger partial charge in [-0.2, -0.15) is 0 Å². The van der Waals surface area contributed by atoms with Crippen molar-refractivity contribution in [3.8, 4) is 5.75 Å². The molecule has 4 unspecified atom stereocenters. The van der Waals surface area contributed by atoms with Crippen LogP contribution in [0.3, 0.4) is 0 Å². The zero-order chi connectivity index (χ0) is 16.6. The number of aliphatic hydroxyl groups is 3. The summed E-state index contributed by atoms with van der Waals surface area (Å²) >= 11 is 0. The fourth-order valence-corrected chi connectivity index (χ4v) is 2.67. The van der Waals surface area contributed by atoms with Crippen molar-refractivity contribution in [3.05, 3.63) is 40.2 Å². The fourth-order valence-electron chi connectivity index (χ4n) is 2.67. The van der Waals surface area contributed by atoms with Gasteiger partial charge in [-0.1, -0.05) is 0 Å². The third kappa shape index (κ3) is 3.23. The zero-order valence-corrected chi connectivity index (χ0v) is 12.5. The summed E-state index contributed by atoms with van der Waals surface area (Å²) in [5, 5.41) is 29.4. The largest absolute Gasteiger partial charge is 0.465 e.